The second-order valence-electron chi connectivity index (χ2n) is 6.12. The van der Waals surface area contributed by atoms with E-state index in [1.165, 1.54) is 17.9 Å². The molecule has 0 spiro atoms. The Balaban J connectivity index is 0.00000312. The molecule has 0 saturated carbocycles. The van der Waals surface area contributed by atoms with Gasteiger partial charge < -0.3 is 16.0 Å². The number of likely N-dealkylation sites (tertiary alicyclic amines) is 1. The molecule has 25 heavy (non-hydrogen) atoms. The maximum Gasteiger partial charge on any atom is 0.416 e. The summed E-state index contributed by atoms with van der Waals surface area (Å²) in [6.45, 7) is 3.88. The van der Waals surface area contributed by atoms with Crippen LogP contribution in [0.15, 0.2) is 18.2 Å². The molecule has 0 aliphatic carbocycles. The molecule has 1 aromatic rings. The summed E-state index contributed by atoms with van der Waals surface area (Å²) in [5, 5.41) is 2.30. The predicted octanol–water partition coefficient (Wildman–Crippen LogP) is 2.89. The molecule has 9 heteroatoms. The minimum absolute atomic E-state index is 0. The van der Waals surface area contributed by atoms with Gasteiger partial charge in [0.15, 0.2) is 0 Å². The Hall–Kier alpha value is -1.80. The van der Waals surface area contributed by atoms with Crippen molar-refractivity contribution in [3.63, 3.8) is 0 Å². The molecule has 2 amide bonds. The first-order valence-electron chi connectivity index (χ1n) is 7.62. The SMILES string of the molecule is CC(=O)Nc1cc(C(=O)N2CC(CN)CC2C)cc(C(F)(F)F)c1.Cl. The van der Waals surface area contributed by atoms with Crippen LogP contribution in [0.1, 0.15) is 36.2 Å². The summed E-state index contributed by atoms with van der Waals surface area (Å²) in [5.74, 6) is -0.855. The summed E-state index contributed by atoms with van der Waals surface area (Å²) >= 11 is 0. The highest BCUT2D eigenvalue weighted by Crippen LogP contribution is 2.33. The number of anilines is 1. The van der Waals surface area contributed by atoms with Crippen LogP contribution in [0.25, 0.3) is 0 Å². The summed E-state index contributed by atoms with van der Waals surface area (Å²) in [5.41, 5.74) is 4.50. The van der Waals surface area contributed by atoms with Crippen molar-refractivity contribution in [3.05, 3.63) is 29.3 Å². The molecule has 5 nitrogen and oxygen atoms in total. The number of carbonyl (C=O) groups excluding carboxylic acids is 2. The molecule has 1 aromatic carbocycles. The van der Waals surface area contributed by atoms with Crippen LogP contribution < -0.4 is 11.1 Å². The molecule has 2 atom stereocenters. The summed E-state index contributed by atoms with van der Waals surface area (Å²) in [7, 11) is 0. The fraction of sp³-hybridized carbons (Fsp3) is 0.500. The molecular weight excluding hydrogens is 359 g/mol. The maximum atomic E-state index is 13.1. The number of nitrogens with two attached hydrogens (primary N) is 1. The number of nitrogens with zero attached hydrogens (tertiary/aromatic N) is 1. The minimum Gasteiger partial charge on any atom is -0.336 e. The van der Waals surface area contributed by atoms with Gasteiger partial charge in [0.1, 0.15) is 0 Å². The molecule has 2 rings (SSSR count). The molecule has 1 aliphatic rings. The zero-order valence-electron chi connectivity index (χ0n) is 13.9. The molecule has 1 aliphatic heterocycles. The number of hydrogen-bond acceptors (Lipinski definition) is 3. The number of amides is 2. The quantitative estimate of drug-likeness (QED) is 0.847. The Morgan fingerprint density at radius 1 is 1.32 bits per heavy atom. The van der Waals surface area contributed by atoms with Crippen LogP contribution in [0, 0.1) is 5.92 Å². The van der Waals surface area contributed by atoms with Crippen LogP contribution in [0.4, 0.5) is 18.9 Å². The highest BCUT2D eigenvalue weighted by Gasteiger charge is 2.35. The van der Waals surface area contributed by atoms with Crippen molar-refractivity contribution >= 4 is 29.9 Å². The zero-order valence-corrected chi connectivity index (χ0v) is 14.7. The van der Waals surface area contributed by atoms with E-state index in [2.05, 4.69) is 5.32 Å². The third-order valence-electron chi connectivity index (χ3n) is 4.08. The van der Waals surface area contributed by atoms with Crippen LogP contribution >= 0.6 is 12.4 Å². The predicted molar refractivity (Wildman–Crippen MR) is 90.7 cm³/mol. The van der Waals surface area contributed by atoms with Gasteiger partial charge in [-0.25, -0.2) is 0 Å². The van der Waals surface area contributed by atoms with E-state index in [0.29, 0.717) is 13.1 Å². The Kier molecular flexibility index (Phi) is 6.84. The molecular formula is C16H21ClF3N3O2. The number of rotatable bonds is 3. The van der Waals surface area contributed by atoms with Crippen LogP contribution in [-0.4, -0.2) is 35.8 Å². The minimum atomic E-state index is -4.61. The Labute approximate surface area is 150 Å². The first kappa shape index (κ1) is 21.2. The standard InChI is InChI=1S/C16H20F3N3O2.ClH/c1-9-3-11(7-20)8-22(9)15(24)12-4-13(16(17,18)19)6-14(5-12)21-10(2)23;/h4-6,9,11H,3,7-8,20H2,1-2H3,(H,21,23);1H. The van der Waals surface area contributed by atoms with Crippen molar-refractivity contribution in [2.45, 2.75) is 32.5 Å². The number of hydrogen-bond donors (Lipinski definition) is 2. The van der Waals surface area contributed by atoms with Crippen molar-refractivity contribution in [3.8, 4) is 0 Å². The lowest BCUT2D eigenvalue weighted by Crippen LogP contribution is -2.34. The maximum absolute atomic E-state index is 13.1. The monoisotopic (exact) mass is 379 g/mol. The number of nitrogens with one attached hydrogen (secondary N) is 1. The van der Waals surface area contributed by atoms with E-state index < -0.39 is 23.6 Å². The van der Waals surface area contributed by atoms with E-state index in [9.17, 15) is 22.8 Å². The van der Waals surface area contributed by atoms with Gasteiger partial charge in [0.05, 0.1) is 5.56 Å². The average Bonchev–Trinajstić information content (AvgIpc) is 2.85. The van der Waals surface area contributed by atoms with Gasteiger partial charge in [-0.1, -0.05) is 0 Å². The van der Waals surface area contributed by atoms with Crippen molar-refractivity contribution in [2.24, 2.45) is 11.7 Å². The zero-order chi connectivity index (χ0) is 18.1. The lowest BCUT2D eigenvalue weighted by Gasteiger charge is -2.22. The normalized spacial score (nSPS) is 20.2. The molecule has 1 saturated heterocycles. The third kappa shape index (κ3) is 5.09. The lowest BCUT2D eigenvalue weighted by atomic mass is 10.1. The number of benzene rings is 1. The lowest BCUT2D eigenvalue weighted by molar-refractivity contribution is -0.137. The highest BCUT2D eigenvalue weighted by atomic mass is 35.5. The number of halogens is 4. The van der Waals surface area contributed by atoms with Crippen molar-refractivity contribution in [1.82, 2.24) is 4.90 Å². The molecule has 3 N–H and O–H groups in total. The Morgan fingerprint density at radius 3 is 2.44 bits per heavy atom. The van der Waals surface area contributed by atoms with Crippen molar-refractivity contribution < 1.29 is 22.8 Å². The third-order valence-corrected chi connectivity index (χ3v) is 4.08. The second kappa shape index (κ2) is 8.05. The summed E-state index contributed by atoms with van der Waals surface area (Å²) in [6, 6.07) is 2.80. The van der Waals surface area contributed by atoms with Crippen molar-refractivity contribution in [2.75, 3.05) is 18.4 Å². The Morgan fingerprint density at radius 2 is 1.96 bits per heavy atom. The molecule has 0 aromatic heterocycles. The van der Waals surface area contributed by atoms with Gasteiger partial charge in [0.25, 0.3) is 5.91 Å². The Bertz CT molecular complexity index is 652. The summed E-state index contributed by atoms with van der Waals surface area (Å²) in [6.07, 6.45) is -3.89. The fourth-order valence-electron chi connectivity index (χ4n) is 2.95. The van der Waals surface area contributed by atoms with Gasteiger partial charge in [0, 0.05) is 30.8 Å². The van der Waals surface area contributed by atoms with Gasteiger partial charge in [0.2, 0.25) is 5.91 Å². The molecule has 140 valence electrons. The highest BCUT2D eigenvalue weighted by molar-refractivity contribution is 5.97. The van der Waals surface area contributed by atoms with E-state index in [1.54, 1.807) is 0 Å². The van der Waals surface area contributed by atoms with Gasteiger partial charge in [-0.05, 0) is 44.0 Å². The number of alkyl halides is 3. The van der Waals surface area contributed by atoms with E-state index in [-0.39, 0.29) is 35.6 Å². The molecule has 1 fully saturated rings. The van der Waals surface area contributed by atoms with Crippen LogP contribution in [-0.2, 0) is 11.0 Å². The molecule has 0 bridgehead atoms. The number of carbonyl (C=O) groups is 2. The first-order valence-corrected chi connectivity index (χ1v) is 7.62. The van der Waals surface area contributed by atoms with E-state index >= 15 is 0 Å². The van der Waals surface area contributed by atoms with Gasteiger partial charge in [-0.3, -0.25) is 9.59 Å². The molecule has 0 radical (unpaired) electrons. The largest absolute Gasteiger partial charge is 0.416 e. The molecule has 1 heterocycles. The van der Waals surface area contributed by atoms with E-state index in [0.717, 1.165) is 18.6 Å². The van der Waals surface area contributed by atoms with E-state index in [4.69, 9.17) is 5.73 Å². The van der Waals surface area contributed by atoms with Crippen LogP contribution in [0.3, 0.4) is 0 Å². The average molecular weight is 380 g/mol. The van der Waals surface area contributed by atoms with Gasteiger partial charge in [-0.2, -0.15) is 13.2 Å². The fourth-order valence-corrected chi connectivity index (χ4v) is 2.95. The van der Waals surface area contributed by atoms with Gasteiger partial charge >= 0.3 is 6.18 Å². The van der Waals surface area contributed by atoms with E-state index in [1.807, 2.05) is 6.92 Å². The second-order valence-corrected chi connectivity index (χ2v) is 6.12. The summed E-state index contributed by atoms with van der Waals surface area (Å²) < 4.78 is 39.2. The van der Waals surface area contributed by atoms with Crippen LogP contribution in [0.2, 0.25) is 0 Å². The first-order chi connectivity index (χ1) is 11.1. The topological polar surface area (TPSA) is 75.4 Å². The summed E-state index contributed by atoms with van der Waals surface area (Å²) in [4.78, 5) is 25.3. The van der Waals surface area contributed by atoms with Crippen LogP contribution in [0.5, 0.6) is 0 Å². The van der Waals surface area contributed by atoms with Gasteiger partial charge in [-0.15, -0.1) is 12.4 Å². The smallest absolute Gasteiger partial charge is 0.336 e. The molecule has 2 unspecified atom stereocenters. The van der Waals surface area contributed by atoms with Crippen molar-refractivity contribution in [1.29, 1.82) is 0 Å².